The zero-order chi connectivity index (χ0) is 14.4. The molecule has 1 aromatic carbocycles. The van der Waals surface area contributed by atoms with Crippen molar-refractivity contribution in [3.05, 3.63) is 23.8 Å². The molecule has 0 bridgehead atoms. The topological polar surface area (TPSA) is 78.6 Å². The molecule has 4 N–H and O–H groups in total. The van der Waals surface area contributed by atoms with Crippen LogP contribution in [0.2, 0.25) is 0 Å². The highest BCUT2D eigenvalue weighted by Crippen LogP contribution is 2.20. The monoisotopic (exact) mass is 265 g/mol. The summed E-state index contributed by atoms with van der Waals surface area (Å²) in [4.78, 5) is 13.6. The minimum atomic E-state index is -0.318. The number of benzene rings is 1. The molecule has 1 rings (SSSR count). The third-order valence-corrected chi connectivity index (χ3v) is 2.94. The van der Waals surface area contributed by atoms with E-state index < -0.39 is 0 Å². The van der Waals surface area contributed by atoms with Gasteiger partial charge in [0.25, 0.3) is 5.91 Å². The van der Waals surface area contributed by atoms with Crippen LogP contribution in [0, 0.1) is 0 Å². The van der Waals surface area contributed by atoms with E-state index in [1.165, 1.54) is 4.90 Å². The summed E-state index contributed by atoms with van der Waals surface area (Å²) in [5.41, 5.74) is 7.65. The van der Waals surface area contributed by atoms with Crippen LogP contribution in [0.4, 0.5) is 11.4 Å². The highest BCUT2D eigenvalue weighted by molar-refractivity contribution is 5.99. The Morgan fingerprint density at radius 1 is 1.47 bits per heavy atom. The van der Waals surface area contributed by atoms with E-state index in [0.717, 1.165) is 6.42 Å². The van der Waals surface area contributed by atoms with Gasteiger partial charge < -0.3 is 21.1 Å². The van der Waals surface area contributed by atoms with Gasteiger partial charge in [0, 0.05) is 32.0 Å². The van der Waals surface area contributed by atoms with E-state index in [-0.39, 0.29) is 12.0 Å². The summed E-state index contributed by atoms with van der Waals surface area (Å²) in [6.45, 7) is 2.54. The van der Waals surface area contributed by atoms with Crippen molar-refractivity contribution >= 4 is 17.3 Å². The zero-order valence-corrected chi connectivity index (χ0v) is 11.8. The number of aliphatic hydroxyl groups excluding tert-OH is 1. The first-order valence-electron chi connectivity index (χ1n) is 6.48. The first-order valence-corrected chi connectivity index (χ1v) is 6.48. The average molecular weight is 265 g/mol. The van der Waals surface area contributed by atoms with E-state index in [2.05, 4.69) is 5.32 Å². The van der Waals surface area contributed by atoms with Crippen molar-refractivity contribution in [3.8, 4) is 0 Å². The van der Waals surface area contributed by atoms with Gasteiger partial charge in [-0.2, -0.15) is 0 Å². The Morgan fingerprint density at radius 3 is 2.74 bits per heavy atom. The van der Waals surface area contributed by atoms with Crippen LogP contribution in [-0.4, -0.2) is 42.7 Å². The Kier molecular flexibility index (Phi) is 5.63. The summed E-state index contributed by atoms with van der Waals surface area (Å²) in [7, 11) is 3.42. The fourth-order valence-corrected chi connectivity index (χ4v) is 1.71. The molecule has 0 heterocycles. The van der Waals surface area contributed by atoms with Gasteiger partial charge in [0.2, 0.25) is 0 Å². The quantitative estimate of drug-likeness (QED) is 0.682. The fourth-order valence-electron chi connectivity index (χ4n) is 1.71. The highest BCUT2D eigenvalue weighted by Gasteiger charge is 2.13. The molecular weight excluding hydrogens is 242 g/mol. The van der Waals surface area contributed by atoms with Crippen LogP contribution in [0.3, 0.4) is 0 Å². The molecule has 1 unspecified atom stereocenters. The largest absolute Gasteiger partial charge is 0.399 e. The third kappa shape index (κ3) is 4.44. The summed E-state index contributed by atoms with van der Waals surface area (Å²) in [5.74, 6) is -0.0708. The lowest BCUT2D eigenvalue weighted by atomic mass is 10.1. The molecule has 0 aliphatic rings. The smallest absolute Gasteiger partial charge is 0.255 e. The standard InChI is InChI=1S/C14H23N3O2/c1-4-11(18)7-8-16-13-9-10(15)5-6-12(13)14(19)17(2)3/h5-6,9,11,16,18H,4,7-8,15H2,1-3H3. The van der Waals surface area contributed by atoms with Crippen LogP contribution in [0.5, 0.6) is 0 Å². The Labute approximate surface area is 114 Å². The van der Waals surface area contributed by atoms with Crippen LogP contribution in [0.25, 0.3) is 0 Å². The molecule has 1 amide bonds. The van der Waals surface area contributed by atoms with E-state index in [9.17, 15) is 9.90 Å². The van der Waals surface area contributed by atoms with Crippen molar-refractivity contribution < 1.29 is 9.90 Å². The Hall–Kier alpha value is -1.75. The molecular formula is C14H23N3O2. The first kappa shape index (κ1) is 15.3. The van der Waals surface area contributed by atoms with Gasteiger partial charge in [0.15, 0.2) is 0 Å². The average Bonchev–Trinajstić information content (AvgIpc) is 2.37. The number of carbonyl (C=O) groups is 1. The van der Waals surface area contributed by atoms with E-state index in [1.54, 1.807) is 32.3 Å². The zero-order valence-electron chi connectivity index (χ0n) is 11.8. The second-order valence-electron chi connectivity index (χ2n) is 4.78. The number of hydrogen-bond acceptors (Lipinski definition) is 4. The number of nitrogens with zero attached hydrogens (tertiary/aromatic N) is 1. The molecule has 0 radical (unpaired) electrons. The van der Waals surface area contributed by atoms with Gasteiger partial charge in [0.1, 0.15) is 0 Å². The van der Waals surface area contributed by atoms with E-state index in [0.29, 0.717) is 29.9 Å². The fraction of sp³-hybridized carbons (Fsp3) is 0.500. The molecule has 5 heteroatoms. The molecule has 5 nitrogen and oxygen atoms in total. The number of nitrogens with two attached hydrogens (primary N) is 1. The molecule has 0 aromatic heterocycles. The van der Waals surface area contributed by atoms with Crippen molar-refractivity contribution in [1.29, 1.82) is 0 Å². The Morgan fingerprint density at radius 2 is 2.16 bits per heavy atom. The van der Waals surface area contributed by atoms with Gasteiger partial charge in [-0.05, 0) is 31.0 Å². The third-order valence-electron chi connectivity index (χ3n) is 2.94. The van der Waals surface area contributed by atoms with Crippen LogP contribution in [-0.2, 0) is 0 Å². The molecule has 0 saturated carbocycles. The summed E-state index contributed by atoms with van der Waals surface area (Å²) >= 11 is 0. The molecule has 106 valence electrons. The number of rotatable bonds is 6. The normalized spacial score (nSPS) is 12.0. The Balaban J connectivity index is 2.80. The maximum absolute atomic E-state index is 12.0. The predicted octanol–water partition coefficient (Wildman–Crippen LogP) is 1.54. The summed E-state index contributed by atoms with van der Waals surface area (Å²) < 4.78 is 0. The molecule has 19 heavy (non-hydrogen) atoms. The van der Waals surface area contributed by atoms with E-state index in [4.69, 9.17) is 5.73 Å². The van der Waals surface area contributed by atoms with Gasteiger partial charge in [0.05, 0.1) is 11.7 Å². The minimum Gasteiger partial charge on any atom is -0.399 e. The van der Waals surface area contributed by atoms with Gasteiger partial charge in [-0.1, -0.05) is 6.92 Å². The lowest BCUT2D eigenvalue weighted by Gasteiger charge is -2.16. The lowest BCUT2D eigenvalue weighted by Crippen LogP contribution is -2.23. The highest BCUT2D eigenvalue weighted by atomic mass is 16.3. The second kappa shape index (κ2) is 6.99. The van der Waals surface area contributed by atoms with E-state index >= 15 is 0 Å². The van der Waals surface area contributed by atoms with Crippen molar-refractivity contribution in [2.75, 3.05) is 31.7 Å². The number of anilines is 2. The van der Waals surface area contributed by atoms with Crippen molar-refractivity contribution in [3.63, 3.8) is 0 Å². The number of aliphatic hydroxyl groups is 1. The van der Waals surface area contributed by atoms with Crippen molar-refractivity contribution in [2.24, 2.45) is 0 Å². The number of hydrogen-bond donors (Lipinski definition) is 3. The molecule has 0 aliphatic carbocycles. The van der Waals surface area contributed by atoms with Crippen molar-refractivity contribution in [1.82, 2.24) is 4.90 Å². The second-order valence-corrected chi connectivity index (χ2v) is 4.78. The minimum absolute atomic E-state index is 0.0708. The van der Waals surface area contributed by atoms with E-state index in [1.807, 2.05) is 6.92 Å². The van der Waals surface area contributed by atoms with Crippen LogP contribution in [0.15, 0.2) is 18.2 Å². The van der Waals surface area contributed by atoms with Gasteiger partial charge >= 0.3 is 0 Å². The van der Waals surface area contributed by atoms with Crippen molar-refractivity contribution in [2.45, 2.75) is 25.9 Å². The number of carbonyl (C=O) groups excluding carboxylic acids is 1. The number of amides is 1. The molecule has 0 fully saturated rings. The SMILES string of the molecule is CCC(O)CCNc1cc(N)ccc1C(=O)N(C)C. The summed E-state index contributed by atoms with van der Waals surface area (Å²) in [6, 6.07) is 5.17. The van der Waals surface area contributed by atoms with Crippen LogP contribution in [0.1, 0.15) is 30.1 Å². The lowest BCUT2D eigenvalue weighted by molar-refractivity contribution is 0.0828. The number of nitrogens with one attached hydrogen (secondary N) is 1. The maximum atomic E-state index is 12.0. The summed E-state index contributed by atoms with van der Waals surface area (Å²) in [5, 5.41) is 12.7. The molecule has 0 spiro atoms. The predicted molar refractivity (Wildman–Crippen MR) is 78.3 cm³/mol. The maximum Gasteiger partial charge on any atom is 0.255 e. The van der Waals surface area contributed by atoms with Gasteiger partial charge in [-0.3, -0.25) is 4.79 Å². The molecule has 0 aliphatic heterocycles. The Bertz CT molecular complexity index is 433. The van der Waals surface area contributed by atoms with Crippen LogP contribution < -0.4 is 11.1 Å². The molecule has 1 atom stereocenters. The summed E-state index contributed by atoms with van der Waals surface area (Å²) in [6.07, 6.45) is 1.05. The molecule has 1 aromatic rings. The van der Waals surface area contributed by atoms with Gasteiger partial charge in [-0.15, -0.1) is 0 Å². The van der Waals surface area contributed by atoms with Gasteiger partial charge in [-0.25, -0.2) is 0 Å². The first-order chi connectivity index (χ1) is 8.95. The number of nitrogen functional groups attached to an aromatic ring is 1. The molecule has 0 saturated heterocycles. The van der Waals surface area contributed by atoms with Crippen LogP contribution >= 0.6 is 0 Å².